The Kier molecular flexibility index (Phi) is 6.39. The van der Waals surface area contributed by atoms with Crippen LogP contribution in [0.4, 0.5) is 4.39 Å². The highest BCUT2D eigenvalue weighted by molar-refractivity contribution is 5.94. The lowest BCUT2D eigenvalue weighted by Gasteiger charge is -2.18. The molecule has 0 aliphatic rings. The first-order valence-electron chi connectivity index (χ1n) is 7.01. The van der Waals surface area contributed by atoms with Crippen LogP contribution in [0.1, 0.15) is 49.5 Å². The van der Waals surface area contributed by atoms with Gasteiger partial charge in [-0.05, 0) is 30.0 Å². The summed E-state index contributed by atoms with van der Waals surface area (Å²) >= 11 is 0. The molecule has 1 aromatic rings. The van der Waals surface area contributed by atoms with E-state index in [2.05, 4.69) is 37.9 Å². The molecule has 1 rings (SSSR count). The van der Waals surface area contributed by atoms with Crippen LogP contribution in [0, 0.1) is 23.1 Å². The van der Waals surface area contributed by atoms with Gasteiger partial charge in [0.05, 0.1) is 12.2 Å². The molecule has 0 spiro atoms. The highest BCUT2D eigenvalue weighted by Crippen LogP contribution is 2.17. The van der Waals surface area contributed by atoms with Crippen LogP contribution < -0.4 is 5.32 Å². The van der Waals surface area contributed by atoms with Gasteiger partial charge in [0.15, 0.2) is 0 Å². The van der Waals surface area contributed by atoms with E-state index in [1.165, 1.54) is 12.1 Å². The van der Waals surface area contributed by atoms with Gasteiger partial charge in [0.25, 0.3) is 5.91 Å². The quantitative estimate of drug-likeness (QED) is 0.838. The monoisotopic (exact) mass is 291 g/mol. The number of hydrogen-bond acceptors (Lipinski definition) is 2. The molecule has 0 unspecified atom stereocenters. The second-order valence-electron chi connectivity index (χ2n) is 6.04. The first-order valence-corrected chi connectivity index (χ1v) is 7.01. The maximum Gasteiger partial charge on any atom is 0.254 e. The van der Waals surface area contributed by atoms with Gasteiger partial charge in [-0.25, -0.2) is 4.39 Å². The lowest BCUT2D eigenvalue weighted by Crippen LogP contribution is -2.28. The second kappa shape index (κ2) is 7.80. The maximum atomic E-state index is 13.9. The molecule has 3 nitrogen and oxygen atoms in total. The highest BCUT2D eigenvalue weighted by Gasteiger charge is 2.14. The average molecular weight is 291 g/mol. The summed E-state index contributed by atoms with van der Waals surface area (Å²) in [4.78, 5) is 11.9. The summed E-state index contributed by atoms with van der Waals surface area (Å²) in [5.74, 6) is 4.45. The van der Waals surface area contributed by atoms with E-state index < -0.39 is 11.7 Å². The highest BCUT2D eigenvalue weighted by atomic mass is 19.1. The van der Waals surface area contributed by atoms with Crippen molar-refractivity contribution in [1.82, 2.24) is 5.32 Å². The van der Waals surface area contributed by atoms with Crippen molar-refractivity contribution >= 4 is 5.91 Å². The first kappa shape index (κ1) is 17.2. The molecule has 4 heteroatoms. The molecular formula is C17H22FNO2. The van der Waals surface area contributed by atoms with Crippen molar-refractivity contribution in [3.8, 4) is 11.8 Å². The predicted octanol–water partition coefficient (Wildman–Crippen LogP) is 2.73. The zero-order valence-electron chi connectivity index (χ0n) is 12.8. The minimum Gasteiger partial charge on any atom is -0.395 e. The molecule has 21 heavy (non-hydrogen) atoms. The minimum absolute atomic E-state index is 0.0241. The molecule has 2 N–H and O–H groups in total. The molecule has 0 saturated heterocycles. The van der Waals surface area contributed by atoms with Gasteiger partial charge in [-0.1, -0.05) is 32.6 Å². The SMILES string of the molecule is CC(C)(C)CCNC(=O)c1ccc(C#CCCO)cc1F. The van der Waals surface area contributed by atoms with Gasteiger partial charge in [-0.3, -0.25) is 4.79 Å². The first-order chi connectivity index (χ1) is 9.83. The van der Waals surface area contributed by atoms with Crippen LogP contribution in [0.3, 0.4) is 0 Å². The van der Waals surface area contributed by atoms with Crippen molar-refractivity contribution in [2.75, 3.05) is 13.2 Å². The molecular weight excluding hydrogens is 269 g/mol. The number of carbonyl (C=O) groups is 1. The van der Waals surface area contributed by atoms with Crippen molar-refractivity contribution in [2.45, 2.75) is 33.6 Å². The van der Waals surface area contributed by atoms with Crippen molar-refractivity contribution in [3.05, 3.63) is 35.1 Å². The average Bonchev–Trinajstić information content (AvgIpc) is 2.37. The molecule has 0 radical (unpaired) electrons. The number of benzene rings is 1. The van der Waals surface area contributed by atoms with E-state index in [1.54, 1.807) is 6.07 Å². The van der Waals surface area contributed by atoms with Crippen molar-refractivity contribution < 1.29 is 14.3 Å². The van der Waals surface area contributed by atoms with Gasteiger partial charge < -0.3 is 10.4 Å². The fraction of sp³-hybridized carbons (Fsp3) is 0.471. The molecule has 0 fully saturated rings. The Morgan fingerprint density at radius 1 is 1.38 bits per heavy atom. The zero-order valence-corrected chi connectivity index (χ0v) is 12.8. The summed E-state index contributed by atoms with van der Waals surface area (Å²) in [6.07, 6.45) is 1.17. The van der Waals surface area contributed by atoms with E-state index >= 15 is 0 Å². The van der Waals surface area contributed by atoms with Gasteiger partial charge >= 0.3 is 0 Å². The molecule has 0 bridgehead atoms. The summed E-state index contributed by atoms with van der Waals surface area (Å²) < 4.78 is 13.9. The summed E-state index contributed by atoms with van der Waals surface area (Å²) in [7, 11) is 0. The van der Waals surface area contributed by atoms with Crippen molar-refractivity contribution in [3.63, 3.8) is 0 Å². The molecule has 0 heterocycles. The Balaban J connectivity index is 2.67. The number of carbonyl (C=O) groups excluding carboxylic acids is 1. The van der Waals surface area contributed by atoms with E-state index in [-0.39, 0.29) is 17.6 Å². The number of nitrogens with one attached hydrogen (secondary N) is 1. The van der Waals surface area contributed by atoms with Gasteiger partial charge in [-0.15, -0.1) is 0 Å². The normalized spacial score (nSPS) is 10.7. The molecule has 0 aliphatic heterocycles. The van der Waals surface area contributed by atoms with Gasteiger partial charge in [0, 0.05) is 18.5 Å². The maximum absolute atomic E-state index is 13.9. The largest absolute Gasteiger partial charge is 0.395 e. The van der Waals surface area contributed by atoms with Gasteiger partial charge in [0.1, 0.15) is 5.82 Å². The van der Waals surface area contributed by atoms with Crippen LogP contribution in [-0.4, -0.2) is 24.2 Å². The Hall–Kier alpha value is -1.86. The van der Waals surface area contributed by atoms with Gasteiger partial charge in [-0.2, -0.15) is 0 Å². The van der Waals surface area contributed by atoms with Crippen molar-refractivity contribution in [2.24, 2.45) is 5.41 Å². The number of hydrogen-bond donors (Lipinski definition) is 2. The Morgan fingerprint density at radius 3 is 2.67 bits per heavy atom. The van der Waals surface area contributed by atoms with Gasteiger partial charge in [0.2, 0.25) is 0 Å². The Morgan fingerprint density at radius 2 is 2.10 bits per heavy atom. The lowest BCUT2D eigenvalue weighted by molar-refractivity contribution is 0.0945. The standard InChI is InChI=1S/C17H22FNO2/c1-17(2,3)9-10-19-16(21)14-8-7-13(12-15(14)18)6-4-5-11-20/h7-8,12,20H,5,9-11H2,1-3H3,(H,19,21). The second-order valence-corrected chi connectivity index (χ2v) is 6.04. The van der Waals surface area contributed by atoms with Crippen LogP contribution in [0.25, 0.3) is 0 Å². The number of rotatable bonds is 4. The lowest BCUT2D eigenvalue weighted by atomic mass is 9.92. The van der Waals surface area contributed by atoms with Crippen molar-refractivity contribution in [1.29, 1.82) is 0 Å². The summed E-state index contributed by atoms with van der Waals surface area (Å²) in [5.41, 5.74) is 0.640. The van der Waals surface area contributed by atoms with Crippen LogP contribution in [0.15, 0.2) is 18.2 Å². The van der Waals surface area contributed by atoms with Crippen LogP contribution >= 0.6 is 0 Å². The smallest absolute Gasteiger partial charge is 0.254 e. The molecule has 114 valence electrons. The van der Waals surface area contributed by atoms with E-state index in [0.29, 0.717) is 18.5 Å². The summed E-state index contributed by atoms with van der Waals surface area (Å²) in [6, 6.07) is 4.28. The Bertz CT molecular complexity index is 550. The molecule has 0 aliphatic carbocycles. The number of aliphatic hydroxyl groups is 1. The molecule has 1 aromatic carbocycles. The third-order valence-electron chi connectivity index (χ3n) is 2.84. The fourth-order valence-corrected chi connectivity index (χ4v) is 1.64. The number of aliphatic hydroxyl groups excluding tert-OH is 1. The number of amides is 1. The van der Waals surface area contributed by atoms with E-state index in [0.717, 1.165) is 6.42 Å². The minimum atomic E-state index is -0.584. The van der Waals surface area contributed by atoms with Crippen LogP contribution in [0.5, 0.6) is 0 Å². The molecule has 1 amide bonds. The Labute approximate surface area is 125 Å². The van der Waals surface area contributed by atoms with Crippen LogP contribution in [0.2, 0.25) is 0 Å². The topological polar surface area (TPSA) is 49.3 Å². The van der Waals surface area contributed by atoms with E-state index in [4.69, 9.17) is 5.11 Å². The third kappa shape index (κ3) is 6.42. The van der Waals surface area contributed by atoms with E-state index in [9.17, 15) is 9.18 Å². The fourth-order valence-electron chi connectivity index (χ4n) is 1.64. The molecule has 0 saturated carbocycles. The van der Waals surface area contributed by atoms with Crippen LogP contribution in [-0.2, 0) is 0 Å². The summed E-state index contributed by atoms with van der Waals surface area (Å²) in [5, 5.41) is 11.3. The third-order valence-corrected chi connectivity index (χ3v) is 2.84. The molecule has 0 atom stereocenters. The predicted molar refractivity (Wildman–Crippen MR) is 81.4 cm³/mol. The molecule has 0 aromatic heterocycles. The van der Waals surface area contributed by atoms with E-state index in [1.807, 2.05) is 0 Å². The summed E-state index contributed by atoms with van der Waals surface area (Å²) in [6.45, 7) is 6.74. The zero-order chi connectivity index (χ0) is 15.9. The number of halogens is 1.